The first-order valence-corrected chi connectivity index (χ1v) is 20.4. The molecule has 0 atom stereocenters. The Balaban J connectivity index is 1.17. The average molecular weight is 783 g/mol. The molecule has 0 fully saturated rings. The number of nitrogens with zero attached hydrogens (tertiary/aromatic N) is 1. The number of hydrogen-bond acceptors (Lipinski definition) is 1. The number of hydrogen-bond donors (Lipinski definition) is 0. The highest BCUT2D eigenvalue weighted by Gasteiger charge is 2.20. The van der Waals surface area contributed by atoms with E-state index in [9.17, 15) is 9.60 Å². The van der Waals surface area contributed by atoms with Crippen LogP contribution in [-0.4, -0.2) is 0 Å². The number of anilines is 3. The molecule has 0 aliphatic rings. The van der Waals surface area contributed by atoms with Gasteiger partial charge in [-0.1, -0.05) is 206 Å². The van der Waals surface area contributed by atoms with E-state index >= 15 is 0 Å². The van der Waals surface area contributed by atoms with Crippen molar-refractivity contribution < 1.29 is 9.60 Å². The van der Waals surface area contributed by atoms with Crippen LogP contribution in [0.5, 0.6) is 0 Å². The van der Waals surface area contributed by atoms with Crippen molar-refractivity contribution in [3.8, 4) is 55.6 Å². The van der Waals surface area contributed by atoms with E-state index in [4.69, 9.17) is 0 Å². The Hall–Kier alpha value is -8.00. The molecule has 0 spiro atoms. The summed E-state index contributed by atoms with van der Waals surface area (Å²) in [6.07, 6.45) is 0. The number of fused-ring (bicyclic) bond motifs is 4. The molecule has 0 aromatic heterocycles. The average Bonchev–Trinajstić information content (AvgIpc) is 3.39. The molecule has 11 aromatic carbocycles. The van der Waals surface area contributed by atoms with Gasteiger partial charge in [0.15, 0.2) is 0 Å². The minimum atomic E-state index is -0.326. The van der Waals surface area contributed by atoms with Crippen LogP contribution in [0.4, 0.5) is 17.1 Å². The molecule has 0 radical (unpaired) electrons. The van der Waals surface area contributed by atoms with Gasteiger partial charge in [0.25, 0.3) is 0 Å². The smallest absolute Gasteiger partial charge is 0.0645 e. The Morgan fingerprint density at radius 1 is 0.295 bits per heavy atom. The molecule has 61 heavy (non-hydrogen) atoms. The largest absolute Gasteiger partial charge is 0.310 e. The molecule has 0 unspecified atom stereocenters. The topological polar surface area (TPSA) is 3.24 Å². The third-order valence-corrected chi connectivity index (χ3v) is 11.4. The van der Waals surface area contributed by atoms with Crippen LogP contribution in [0.3, 0.4) is 0 Å². The van der Waals surface area contributed by atoms with E-state index < -0.39 is 0 Å². The van der Waals surface area contributed by atoms with Crippen LogP contribution in [-0.2, 0) is 0 Å². The maximum absolute atomic E-state index is 9.91. The molecule has 0 aliphatic carbocycles. The van der Waals surface area contributed by atoms with E-state index in [1.165, 1.54) is 0 Å². The van der Waals surface area contributed by atoms with E-state index in [1.807, 2.05) is 158 Å². The second kappa shape index (κ2) is 15.6. The first kappa shape index (κ1) is 29.2. The van der Waals surface area contributed by atoms with Gasteiger partial charge in [0, 0.05) is 16.9 Å². The van der Waals surface area contributed by atoms with Gasteiger partial charge in [-0.3, -0.25) is 0 Å². The normalized spacial score (nSPS) is 12.9. The molecule has 0 heterocycles. The lowest BCUT2D eigenvalue weighted by molar-refractivity contribution is 1.28. The van der Waals surface area contributed by atoms with Crippen LogP contribution in [0.25, 0.3) is 88.0 Å². The predicted molar refractivity (Wildman–Crippen MR) is 261 cm³/mol. The lowest BCUT2D eigenvalue weighted by atomic mass is 9.89. The fourth-order valence-corrected chi connectivity index (χ4v) is 8.45. The summed E-state index contributed by atoms with van der Waals surface area (Å²) in [5, 5.41) is 6.29. The molecule has 286 valence electrons. The van der Waals surface area contributed by atoms with Crippen LogP contribution >= 0.6 is 0 Å². The van der Waals surface area contributed by atoms with Gasteiger partial charge >= 0.3 is 0 Å². The molecule has 1 heteroatoms. The summed E-state index contributed by atoms with van der Waals surface area (Å²) in [5.41, 5.74) is 6.93. The third-order valence-electron chi connectivity index (χ3n) is 11.4. The monoisotopic (exact) mass is 782 g/mol. The van der Waals surface area contributed by atoms with Gasteiger partial charge in [-0.2, -0.15) is 0 Å². The minimum Gasteiger partial charge on any atom is -0.310 e. The SMILES string of the molecule is [2H]c1c([2H])c(N(c2ccc(-c3ccc4ccccc4c3-c3ccccc3)cc2)c2c([2H])c([2H])c(-c3ccccc3)c([2H])c2-c2ccccc2)c([2H])c([2H])c1-c1ccc2c(ccc3ccccc32)c1. The second-order valence-corrected chi connectivity index (χ2v) is 15.1. The van der Waals surface area contributed by atoms with Gasteiger partial charge in [0.2, 0.25) is 0 Å². The summed E-state index contributed by atoms with van der Waals surface area (Å²) < 4.78 is 68.3. The molecular weight excluding hydrogens is 735 g/mol. The Morgan fingerprint density at radius 2 is 0.820 bits per heavy atom. The van der Waals surface area contributed by atoms with Crippen molar-refractivity contribution >= 4 is 49.4 Å². The first-order valence-electron chi connectivity index (χ1n) is 23.9. The molecule has 0 saturated heterocycles. The van der Waals surface area contributed by atoms with Crippen molar-refractivity contribution in [1.82, 2.24) is 0 Å². The van der Waals surface area contributed by atoms with Crippen LogP contribution in [0.1, 0.15) is 9.60 Å². The summed E-state index contributed by atoms with van der Waals surface area (Å²) in [5.74, 6) is 0. The van der Waals surface area contributed by atoms with E-state index in [1.54, 1.807) is 4.90 Å². The minimum absolute atomic E-state index is 0.000695. The molecule has 0 N–H and O–H groups in total. The summed E-state index contributed by atoms with van der Waals surface area (Å²) in [6, 6.07) is 65.2. The zero-order valence-electron chi connectivity index (χ0n) is 40.1. The number of benzene rings is 11. The molecule has 0 aliphatic heterocycles. The van der Waals surface area contributed by atoms with Gasteiger partial charge < -0.3 is 4.90 Å². The molecule has 0 saturated carbocycles. The van der Waals surface area contributed by atoms with Crippen molar-refractivity contribution in [2.24, 2.45) is 0 Å². The maximum atomic E-state index is 9.91. The fraction of sp³-hybridized carbons (Fsp3) is 0. The summed E-state index contributed by atoms with van der Waals surface area (Å²) in [4.78, 5) is 1.56. The molecule has 1 nitrogen and oxygen atoms in total. The quantitative estimate of drug-likeness (QED) is 0.139. The fourth-order valence-electron chi connectivity index (χ4n) is 8.45. The lowest BCUT2D eigenvalue weighted by Crippen LogP contribution is -2.11. The van der Waals surface area contributed by atoms with Gasteiger partial charge in [0.1, 0.15) is 0 Å². The highest BCUT2D eigenvalue weighted by molar-refractivity contribution is 6.08. The van der Waals surface area contributed by atoms with E-state index in [2.05, 4.69) is 48.5 Å². The summed E-state index contributed by atoms with van der Waals surface area (Å²) >= 11 is 0. The maximum Gasteiger partial charge on any atom is 0.0645 e. The van der Waals surface area contributed by atoms with Crippen LogP contribution in [0.2, 0.25) is 0 Å². The van der Waals surface area contributed by atoms with E-state index in [0.717, 1.165) is 54.6 Å². The highest BCUT2D eigenvalue weighted by atomic mass is 15.1. The Morgan fingerprint density at radius 3 is 1.54 bits per heavy atom. The van der Waals surface area contributed by atoms with Crippen LogP contribution in [0, 0.1) is 0 Å². The van der Waals surface area contributed by atoms with Gasteiger partial charge in [-0.05, 0) is 125 Å². The zero-order valence-corrected chi connectivity index (χ0v) is 33.1. The van der Waals surface area contributed by atoms with E-state index in [-0.39, 0.29) is 64.8 Å². The third kappa shape index (κ3) is 6.83. The summed E-state index contributed by atoms with van der Waals surface area (Å²) in [6.45, 7) is 0. The molecular formula is C60H41N. The Bertz CT molecular complexity index is 3720. The summed E-state index contributed by atoms with van der Waals surface area (Å²) in [7, 11) is 0. The van der Waals surface area contributed by atoms with Gasteiger partial charge in [0.05, 0.1) is 15.3 Å². The van der Waals surface area contributed by atoms with Crippen molar-refractivity contribution in [3.63, 3.8) is 0 Å². The van der Waals surface area contributed by atoms with Crippen molar-refractivity contribution in [3.05, 3.63) is 249 Å². The molecule has 11 aromatic rings. The number of rotatable bonds is 8. The van der Waals surface area contributed by atoms with Gasteiger partial charge in [-0.15, -0.1) is 0 Å². The Kier molecular flexibility index (Phi) is 7.50. The van der Waals surface area contributed by atoms with Gasteiger partial charge in [-0.25, -0.2) is 0 Å². The Labute approximate surface area is 366 Å². The second-order valence-electron chi connectivity index (χ2n) is 15.1. The van der Waals surface area contributed by atoms with E-state index in [0.29, 0.717) is 27.9 Å². The van der Waals surface area contributed by atoms with Crippen molar-refractivity contribution in [1.29, 1.82) is 0 Å². The molecule has 0 bridgehead atoms. The standard InChI is InChI=1S/C60H41N/c1-4-14-42(15-5-1)50-32-39-59(58(41-50)44-16-6-2-7-17-44)61(52-33-26-43(27-34-52)49-31-37-55-51(40-49)25-24-45-18-10-12-22-54(45)55)53-35-28-47(29-36-53)57-38-30-46-19-11-13-23-56(46)60(57)48-20-8-3-9-21-48/h1-41H/i26D,27D,32D,33D,34D,39D,41D. The van der Waals surface area contributed by atoms with Crippen LogP contribution < -0.4 is 4.90 Å². The van der Waals surface area contributed by atoms with Crippen molar-refractivity contribution in [2.45, 2.75) is 0 Å². The predicted octanol–water partition coefficient (Wildman–Crippen LogP) is 17.0. The molecule has 0 amide bonds. The molecule has 11 rings (SSSR count). The van der Waals surface area contributed by atoms with Crippen LogP contribution in [0.15, 0.2) is 249 Å². The lowest BCUT2D eigenvalue weighted by Gasteiger charge is -2.29. The first-order chi connectivity index (χ1) is 33.2. The zero-order chi connectivity index (χ0) is 46.6. The van der Waals surface area contributed by atoms with Crippen molar-refractivity contribution in [2.75, 3.05) is 4.90 Å². The highest BCUT2D eigenvalue weighted by Crippen LogP contribution is 2.45.